The number of allylic oxidation sites excluding steroid dienone is 1. The Morgan fingerprint density at radius 2 is 2.24 bits per heavy atom. The van der Waals surface area contributed by atoms with Gasteiger partial charge in [0.1, 0.15) is 0 Å². The number of nitrogen functional groups attached to an aromatic ring is 1. The van der Waals surface area contributed by atoms with Crippen molar-refractivity contribution in [2.45, 2.75) is 45.6 Å². The maximum absolute atomic E-state index is 12.9. The van der Waals surface area contributed by atoms with Crippen molar-refractivity contribution in [2.75, 3.05) is 12.3 Å². The van der Waals surface area contributed by atoms with Gasteiger partial charge in [-0.3, -0.25) is 4.79 Å². The van der Waals surface area contributed by atoms with Gasteiger partial charge in [-0.25, -0.2) is 0 Å². The first kappa shape index (κ1) is 15.9. The number of rotatable bonds is 3. The summed E-state index contributed by atoms with van der Waals surface area (Å²) in [5.41, 5.74) is 8.23. The summed E-state index contributed by atoms with van der Waals surface area (Å²) < 4.78 is 0. The Balaban J connectivity index is 2.30. The lowest BCUT2D eigenvalue weighted by molar-refractivity contribution is 0.0653. The average Bonchev–Trinajstić information content (AvgIpc) is 2.49. The molecule has 114 valence electrons. The van der Waals surface area contributed by atoms with Crippen LogP contribution in [0.5, 0.6) is 0 Å². The molecule has 1 unspecified atom stereocenters. The summed E-state index contributed by atoms with van der Waals surface area (Å²) in [5, 5.41) is 0.543. The van der Waals surface area contributed by atoms with Gasteiger partial charge in [0.2, 0.25) is 0 Å². The van der Waals surface area contributed by atoms with Crippen molar-refractivity contribution in [2.24, 2.45) is 0 Å². The molecule has 3 nitrogen and oxygen atoms in total. The van der Waals surface area contributed by atoms with Crippen LogP contribution in [0.4, 0.5) is 5.69 Å². The summed E-state index contributed by atoms with van der Waals surface area (Å²) in [7, 11) is 0. The Morgan fingerprint density at radius 3 is 2.95 bits per heavy atom. The number of hydrogen-bond acceptors (Lipinski definition) is 2. The molecule has 4 heteroatoms. The minimum atomic E-state index is -0.0106. The van der Waals surface area contributed by atoms with E-state index in [1.807, 2.05) is 4.90 Å². The smallest absolute Gasteiger partial charge is 0.256 e. The fourth-order valence-electron chi connectivity index (χ4n) is 2.97. The molecule has 0 spiro atoms. The van der Waals surface area contributed by atoms with Crippen LogP contribution < -0.4 is 5.73 Å². The van der Waals surface area contributed by atoms with Crippen molar-refractivity contribution in [1.82, 2.24) is 4.90 Å². The zero-order chi connectivity index (χ0) is 15.4. The van der Waals surface area contributed by atoms with E-state index in [9.17, 15) is 4.79 Å². The van der Waals surface area contributed by atoms with E-state index >= 15 is 0 Å². The summed E-state index contributed by atoms with van der Waals surface area (Å²) in [5.74, 6) is -0.0106. The zero-order valence-electron chi connectivity index (χ0n) is 12.7. The Labute approximate surface area is 131 Å². The number of carbonyl (C=O) groups is 1. The SMILES string of the molecule is CCC=C(C)C1CCCCN1C(=O)c1cc(Cl)ccc1N. The van der Waals surface area contributed by atoms with Gasteiger partial charge < -0.3 is 10.6 Å². The van der Waals surface area contributed by atoms with Crippen LogP contribution in [0, 0.1) is 0 Å². The third kappa shape index (κ3) is 3.59. The van der Waals surface area contributed by atoms with Gasteiger partial charge in [-0.15, -0.1) is 0 Å². The molecular formula is C17H23ClN2O. The Kier molecular flexibility index (Phi) is 5.29. The molecule has 1 aromatic carbocycles. The fourth-order valence-corrected chi connectivity index (χ4v) is 3.15. The second-order valence-electron chi connectivity index (χ2n) is 5.60. The number of carbonyl (C=O) groups excluding carboxylic acids is 1. The van der Waals surface area contributed by atoms with E-state index in [1.54, 1.807) is 18.2 Å². The topological polar surface area (TPSA) is 46.3 Å². The molecule has 1 aliphatic rings. The first-order valence-electron chi connectivity index (χ1n) is 7.57. The molecule has 2 rings (SSSR count). The lowest BCUT2D eigenvalue weighted by Crippen LogP contribution is -2.44. The van der Waals surface area contributed by atoms with Crippen LogP contribution in [0.15, 0.2) is 29.8 Å². The third-order valence-corrected chi connectivity index (χ3v) is 4.30. The van der Waals surface area contributed by atoms with Crippen LogP contribution in [0.1, 0.15) is 49.9 Å². The first-order valence-corrected chi connectivity index (χ1v) is 7.95. The molecule has 1 fully saturated rings. The highest BCUT2D eigenvalue weighted by molar-refractivity contribution is 6.31. The standard InChI is InChI=1S/C17H23ClN2O/c1-3-6-12(2)16-7-4-5-10-20(16)17(21)14-11-13(18)8-9-15(14)19/h6,8-9,11,16H,3-5,7,10,19H2,1-2H3. The second-order valence-corrected chi connectivity index (χ2v) is 6.03. The predicted octanol–water partition coefficient (Wildman–Crippen LogP) is 4.27. The van der Waals surface area contributed by atoms with Crippen LogP contribution >= 0.6 is 11.6 Å². The van der Waals surface area contributed by atoms with E-state index in [0.717, 1.165) is 32.2 Å². The van der Waals surface area contributed by atoms with Gasteiger partial charge in [0, 0.05) is 17.3 Å². The molecule has 0 aromatic heterocycles. The quantitative estimate of drug-likeness (QED) is 0.669. The molecule has 1 aromatic rings. The second kappa shape index (κ2) is 6.99. The summed E-state index contributed by atoms with van der Waals surface area (Å²) in [6, 6.07) is 5.26. The fraction of sp³-hybridized carbons (Fsp3) is 0.471. The Morgan fingerprint density at radius 1 is 1.48 bits per heavy atom. The van der Waals surface area contributed by atoms with Gasteiger partial charge in [-0.05, 0) is 50.8 Å². The number of halogens is 1. The molecule has 1 amide bonds. The zero-order valence-corrected chi connectivity index (χ0v) is 13.5. The number of benzene rings is 1. The number of hydrogen-bond donors (Lipinski definition) is 1. The van der Waals surface area contributed by atoms with Crippen molar-refractivity contribution in [3.05, 3.63) is 40.4 Å². The number of nitrogens with two attached hydrogens (primary N) is 1. The van der Waals surface area contributed by atoms with Crippen molar-refractivity contribution < 1.29 is 4.79 Å². The number of piperidine rings is 1. The maximum atomic E-state index is 12.9. The highest BCUT2D eigenvalue weighted by Gasteiger charge is 2.29. The normalized spacial score (nSPS) is 19.7. The molecule has 1 atom stereocenters. The summed E-state index contributed by atoms with van der Waals surface area (Å²) >= 11 is 6.01. The number of likely N-dealkylation sites (tertiary alicyclic amines) is 1. The number of nitrogens with zero attached hydrogens (tertiary/aromatic N) is 1. The minimum Gasteiger partial charge on any atom is -0.398 e. The maximum Gasteiger partial charge on any atom is 0.256 e. The molecule has 21 heavy (non-hydrogen) atoms. The highest BCUT2D eigenvalue weighted by atomic mass is 35.5. The van der Waals surface area contributed by atoms with Gasteiger partial charge in [-0.1, -0.05) is 30.2 Å². The summed E-state index contributed by atoms with van der Waals surface area (Å²) in [4.78, 5) is 14.8. The van der Waals surface area contributed by atoms with Crippen molar-refractivity contribution in [3.8, 4) is 0 Å². The average molecular weight is 307 g/mol. The van der Waals surface area contributed by atoms with E-state index in [2.05, 4.69) is 19.9 Å². The molecule has 1 heterocycles. The molecule has 0 radical (unpaired) electrons. The predicted molar refractivity (Wildman–Crippen MR) is 88.6 cm³/mol. The third-order valence-electron chi connectivity index (χ3n) is 4.06. The number of anilines is 1. The van der Waals surface area contributed by atoms with Gasteiger partial charge in [-0.2, -0.15) is 0 Å². The van der Waals surface area contributed by atoms with Gasteiger partial charge >= 0.3 is 0 Å². The van der Waals surface area contributed by atoms with Crippen molar-refractivity contribution in [1.29, 1.82) is 0 Å². The highest BCUT2D eigenvalue weighted by Crippen LogP contribution is 2.27. The van der Waals surface area contributed by atoms with Crippen LogP contribution in [-0.4, -0.2) is 23.4 Å². The number of amides is 1. The molecule has 2 N–H and O–H groups in total. The van der Waals surface area contributed by atoms with Crippen molar-refractivity contribution >= 4 is 23.2 Å². The van der Waals surface area contributed by atoms with E-state index in [1.165, 1.54) is 5.57 Å². The van der Waals surface area contributed by atoms with E-state index in [-0.39, 0.29) is 11.9 Å². The summed E-state index contributed by atoms with van der Waals surface area (Å²) in [6.45, 7) is 5.01. The van der Waals surface area contributed by atoms with Crippen LogP contribution in [0.2, 0.25) is 5.02 Å². The van der Waals surface area contributed by atoms with Gasteiger partial charge in [0.05, 0.1) is 11.6 Å². The van der Waals surface area contributed by atoms with Crippen LogP contribution in [-0.2, 0) is 0 Å². The van der Waals surface area contributed by atoms with Gasteiger partial charge in [0.25, 0.3) is 5.91 Å². The summed E-state index contributed by atoms with van der Waals surface area (Å²) in [6.07, 6.45) is 6.42. The van der Waals surface area contributed by atoms with E-state index < -0.39 is 0 Å². The van der Waals surface area contributed by atoms with Crippen molar-refractivity contribution in [3.63, 3.8) is 0 Å². The van der Waals surface area contributed by atoms with E-state index in [4.69, 9.17) is 17.3 Å². The Hall–Kier alpha value is -1.48. The Bertz CT molecular complexity index is 554. The molecule has 1 saturated heterocycles. The molecule has 0 bridgehead atoms. The monoisotopic (exact) mass is 306 g/mol. The van der Waals surface area contributed by atoms with Crippen LogP contribution in [0.25, 0.3) is 0 Å². The van der Waals surface area contributed by atoms with Gasteiger partial charge in [0.15, 0.2) is 0 Å². The lowest BCUT2D eigenvalue weighted by Gasteiger charge is -2.37. The van der Waals surface area contributed by atoms with Crippen LogP contribution in [0.3, 0.4) is 0 Å². The first-order chi connectivity index (χ1) is 10.0. The molecule has 0 aliphatic carbocycles. The lowest BCUT2D eigenvalue weighted by atomic mass is 9.94. The van der Waals surface area contributed by atoms with E-state index in [0.29, 0.717) is 16.3 Å². The molecular weight excluding hydrogens is 284 g/mol. The largest absolute Gasteiger partial charge is 0.398 e. The molecule has 0 saturated carbocycles. The molecule has 1 aliphatic heterocycles. The minimum absolute atomic E-state index is 0.0106.